The number of nitrogens with zero attached hydrogens (tertiary/aromatic N) is 5. The van der Waals surface area contributed by atoms with Crippen LogP contribution in [-0.4, -0.2) is 31.0 Å². The lowest BCUT2D eigenvalue weighted by atomic mass is 10.1. The maximum Gasteiger partial charge on any atom is 0.238 e. The smallest absolute Gasteiger partial charge is 0.238 e. The van der Waals surface area contributed by atoms with Gasteiger partial charge >= 0.3 is 0 Å². The van der Waals surface area contributed by atoms with Gasteiger partial charge in [-0.2, -0.15) is 0 Å². The molecule has 4 rings (SSSR count). The molecule has 0 spiro atoms. The molecule has 0 fully saturated rings. The Morgan fingerprint density at radius 3 is 2.68 bits per heavy atom. The molecule has 0 aromatic carbocycles. The normalized spacial score (nSPS) is 11.5. The zero-order chi connectivity index (χ0) is 19.8. The number of hydrogen-bond donors (Lipinski definition) is 1. The predicted molar refractivity (Wildman–Crippen MR) is 110 cm³/mol. The Bertz CT molecular complexity index is 1140. The summed E-state index contributed by atoms with van der Waals surface area (Å²) in [6.07, 6.45) is 6.51. The molecule has 0 unspecified atom stereocenters. The SMILES string of the molecule is COc1nc(-c2c(CC(C)C)nc3c(N)cccn23)ccc1-n1cnc(C)c1. The van der Waals surface area contributed by atoms with Crippen molar-refractivity contribution in [2.75, 3.05) is 12.8 Å². The number of aromatic nitrogens is 5. The molecule has 4 aromatic rings. The topological polar surface area (TPSA) is 83.3 Å². The molecule has 0 saturated heterocycles. The molecule has 28 heavy (non-hydrogen) atoms. The van der Waals surface area contributed by atoms with Crippen LogP contribution in [0.15, 0.2) is 43.0 Å². The highest BCUT2D eigenvalue weighted by Gasteiger charge is 2.19. The highest BCUT2D eigenvalue weighted by molar-refractivity contribution is 5.73. The molecule has 0 aliphatic rings. The molecule has 0 atom stereocenters. The van der Waals surface area contributed by atoms with E-state index in [-0.39, 0.29) is 0 Å². The lowest BCUT2D eigenvalue weighted by Gasteiger charge is -2.12. The first kappa shape index (κ1) is 18.0. The first-order chi connectivity index (χ1) is 13.5. The Morgan fingerprint density at radius 2 is 2.00 bits per heavy atom. The fraction of sp³-hybridized carbons (Fsp3) is 0.286. The highest BCUT2D eigenvalue weighted by atomic mass is 16.5. The number of hydrogen-bond acceptors (Lipinski definition) is 5. The van der Waals surface area contributed by atoms with Gasteiger partial charge in [0.25, 0.3) is 0 Å². The number of ether oxygens (including phenoxy) is 1. The lowest BCUT2D eigenvalue weighted by molar-refractivity contribution is 0.396. The van der Waals surface area contributed by atoms with Gasteiger partial charge in [0.2, 0.25) is 5.88 Å². The molecule has 7 heteroatoms. The lowest BCUT2D eigenvalue weighted by Crippen LogP contribution is -2.02. The molecule has 0 radical (unpaired) electrons. The Kier molecular flexibility index (Phi) is 4.50. The standard InChI is InChI=1S/C21H24N6O/c1-13(2)10-17-19(27-9-5-6-15(22)20(27)24-17)16-7-8-18(21(25-16)28-4)26-11-14(3)23-12-26/h5-9,11-13H,10,22H2,1-4H3. The van der Waals surface area contributed by atoms with Crippen LogP contribution < -0.4 is 10.5 Å². The fourth-order valence-corrected chi connectivity index (χ4v) is 3.40. The zero-order valence-electron chi connectivity index (χ0n) is 16.5. The summed E-state index contributed by atoms with van der Waals surface area (Å²) in [6, 6.07) is 7.77. The summed E-state index contributed by atoms with van der Waals surface area (Å²) in [4.78, 5) is 13.9. The van der Waals surface area contributed by atoms with Gasteiger partial charge in [-0.3, -0.25) is 4.40 Å². The Hall–Kier alpha value is -3.35. The molecule has 4 aromatic heterocycles. The van der Waals surface area contributed by atoms with Crippen LogP contribution in [0.25, 0.3) is 22.7 Å². The van der Waals surface area contributed by atoms with E-state index in [1.807, 2.05) is 52.6 Å². The highest BCUT2D eigenvalue weighted by Crippen LogP contribution is 2.31. The molecule has 0 bridgehead atoms. The first-order valence-electron chi connectivity index (χ1n) is 9.29. The largest absolute Gasteiger partial charge is 0.479 e. The van der Waals surface area contributed by atoms with Gasteiger partial charge in [-0.15, -0.1) is 0 Å². The third-order valence-corrected chi connectivity index (χ3v) is 4.62. The van der Waals surface area contributed by atoms with Crippen molar-refractivity contribution in [2.45, 2.75) is 27.2 Å². The summed E-state index contributed by atoms with van der Waals surface area (Å²) < 4.78 is 9.51. The average molecular weight is 376 g/mol. The van der Waals surface area contributed by atoms with Crippen LogP contribution in [0, 0.1) is 12.8 Å². The molecular formula is C21H24N6O. The van der Waals surface area contributed by atoms with E-state index in [4.69, 9.17) is 20.4 Å². The second-order valence-electron chi connectivity index (χ2n) is 7.31. The van der Waals surface area contributed by atoms with E-state index in [0.29, 0.717) is 17.5 Å². The average Bonchev–Trinajstić information content (AvgIpc) is 3.25. The van der Waals surface area contributed by atoms with Crippen molar-refractivity contribution in [3.8, 4) is 23.0 Å². The number of methoxy groups -OCH3 is 1. The van der Waals surface area contributed by atoms with Crippen LogP contribution in [0.3, 0.4) is 0 Å². The minimum absolute atomic E-state index is 0.458. The van der Waals surface area contributed by atoms with Gasteiger partial charge in [-0.1, -0.05) is 13.8 Å². The molecule has 7 nitrogen and oxygen atoms in total. The Morgan fingerprint density at radius 1 is 1.18 bits per heavy atom. The van der Waals surface area contributed by atoms with Gasteiger partial charge in [0.15, 0.2) is 5.65 Å². The van der Waals surface area contributed by atoms with Crippen LogP contribution in [0.1, 0.15) is 25.2 Å². The summed E-state index contributed by atoms with van der Waals surface area (Å²) >= 11 is 0. The minimum Gasteiger partial charge on any atom is -0.479 e. The number of pyridine rings is 2. The van der Waals surface area contributed by atoms with Gasteiger partial charge < -0.3 is 15.0 Å². The number of nitrogens with two attached hydrogens (primary N) is 1. The van der Waals surface area contributed by atoms with E-state index in [1.54, 1.807) is 13.4 Å². The van der Waals surface area contributed by atoms with Crippen molar-refractivity contribution in [1.82, 2.24) is 23.9 Å². The predicted octanol–water partition coefficient (Wildman–Crippen LogP) is 3.68. The zero-order valence-corrected chi connectivity index (χ0v) is 16.5. The Labute approximate surface area is 163 Å². The van der Waals surface area contributed by atoms with E-state index in [1.165, 1.54) is 0 Å². The molecule has 0 saturated carbocycles. The summed E-state index contributed by atoms with van der Waals surface area (Å²) in [5, 5.41) is 0. The van der Waals surface area contributed by atoms with Crippen LogP contribution >= 0.6 is 0 Å². The van der Waals surface area contributed by atoms with Gasteiger partial charge in [0.1, 0.15) is 5.69 Å². The van der Waals surface area contributed by atoms with Crippen molar-refractivity contribution in [3.63, 3.8) is 0 Å². The van der Waals surface area contributed by atoms with Crippen LogP contribution in [-0.2, 0) is 6.42 Å². The van der Waals surface area contributed by atoms with Gasteiger partial charge in [0.05, 0.1) is 41.9 Å². The van der Waals surface area contributed by atoms with Crippen molar-refractivity contribution in [2.24, 2.45) is 5.92 Å². The molecule has 0 aliphatic carbocycles. The number of rotatable bonds is 5. The number of imidazole rings is 2. The van der Waals surface area contributed by atoms with E-state index in [2.05, 4.69) is 18.8 Å². The number of fused-ring (bicyclic) bond motifs is 1. The van der Waals surface area contributed by atoms with Gasteiger partial charge in [-0.25, -0.2) is 15.0 Å². The number of anilines is 1. The fourth-order valence-electron chi connectivity index (χ4n) is 3.40. The number of aryl methyl sites for hydroxylation is 1. The summed E-state index contributed by atoms with van der Waals surface area (Å²) in [6.45, 7) is 6.30. The summed E-state index contributed by atoms with van der Waals surface area (Å²) in [5.41, 5.74) is 12.1. The first-order valence-corrected chi connectivity index (χ1v) is 9.29. The molecule has 2 N–H and O–H groups in total. The Balaban J connectivity index is 1.91. The van der Waals surface area contributed by atoms with Crippen molar-refractivity contribution >= 4 is 11.3 Å². The van der Waals surface area contributed by atoms with Gasteiger partial charge in [-0.05, 0) is 43.5 Å². The van der Waals surface area contributed by atoms with E-state index >= 15 is 0 Å². The van der Waals surface area contributed by atoms with Crippen molar-refractivity contribution in [3.05, 3.63) is 54.4 Å². The van der Waals surface area contributed by atoms with E-state index in [9.17, 15) is 0 Å². The quantitative estimate of drug-likeness (QED) is 0.574. The number of nitrogen functional groups attached to an aromatic ring is 1. The van der Waals surface area contributed by atoms with Crippen LogP contribution in [0.2, 0.25) is 0 Å². The van der Waals surface area contributed by atoms with E-state index < -0.39 is 0 Å². The molecular weight excluding hydrogens is 352 g/mol. The third kappa shape index (κ3) is 3.09. The molecule has 0 aliphatic heterocycles. The molecule has 4 heterocycles. The summed E-state index contributed by atoms with van der Waals surface area (Å²) in [7, 11) is 1.63. The second kappa shape index (κ2) is 6.99. The van der Waals surface area contributed by atoms with Crippen molar-refractivity contribution in [1.29, 1.82) is 0 Å². The van der Waals surface area contributed by atoms with Crippen molar-refractivity contribution < 1.29 is 4.74 Å². The third-order valence-electron chi connectivity index (χ3n) is 4.62. The van der Waals surface area contributed by atoms with Crippen LogP contribution in [0.5, 0.6) is 5.88 Å². The minimum atomic E-state index is 0.458. The summed E-state index contributed by atoms with van der Waals surface area (Å²) in [5.74, 6) is 0.990. The monoisotopic (exact) mass is 376 g/mol. The molecule has 0 amide bonds. The maximum absolute atomic E-state index is 6.17. The van der Waals surface area contributed by atoms with E-state index in [0.717, 1.165) is 40.5 Å². The second-order valence-corrected chi connectivity index (χ2v) is 7.31. The van der Waals surface area contributed by atoms with Gasteiger partial charge in [0, 0.05) is 12.4 Å². The van der Waals surface area contributed by atoms with Crippen LogP contribution in [0.4, 0.5) is 5.69 Å². The maximum atomic E-state index is 6.17. The molecule has 144 valence electrons.